The van der Waals surface area contributed by atoms with Crippen molar-refractivity contribution in [1.82, 2.24) is 10.2 Å². The Kier molecular flexibility index (Phi) is 5.02. The summed E-state index contributed by atoms with van der Waals surface area (Å²) < 4.78 is 0. The Morgan fingerprint density at radius 3 is 2.76 bits per heavy atom. The zero-order valence-corrected chi connectivity index (χ0v) is 10.9. The molecule has 2 nitrogen and oxygen atoms in total. The third-order valence-electron chi connectivity index (χ3n) is 3.71. The van der Waals surface area contributed by atoms with Gasteiger partial charge in [-0.3, -0.25) is 0 Å². The van der Waals surface area contributed by atoms with E-state index in [-0.39, 0.29) is 0 Å². The van der Waals surface area contributed by atoms with Crippen LogP contribution in [0.2, 0.25) is 0 Å². The van der Waals surface area contributed by atoms with Gasteiger partial charge in [-0.05, 0) is 44.5 Å². The molecule has 17 heavy (non-hydrogen) atoms. The highest BCUT2D eigenvalue weighted by atomic mass is 15.1. The first-order valence-corrected chi connectivity index (χ1v) is 6.88. The van der Waals surface area contributed by atoms with Crippen molar-refractivity contribution in [2.45, 2.75) is 38.8 Å². The second-order valence-electron chi connectivity index (χ2n) is 4.93. The quantitative estimate of drug-likeness (QED) is 0.858. The normalized spacial score (nSPS) is 22.3. The summed E-state index contributed by atoms with van der Waals surface area (Å²) in [5, 5.41) is 3.70. The van der Waals surface area contributed by atoms with E-state index < -0.39 is 0 Å². The van der Waals surface area contributed by atoms with Gasteiger partial charge in [0, 0.05) is 12.6 Å². The van der Waals surface area contributed by atoms with Gasteiger partial charge >= 0.3 is 0 Å². The van der Waals surface area contributed by atoms with E-state index in [1.165, 1.54) is 44.5 Å². The maximum Gasteiger partial charge on any atom is 0.0208 e. The van der Waals surface area contributed by atoms with Crippen LogP contribution < -0.4 is 5.32 Å². The molecule has 1 aliphatic heterocycles. The van der Waals surface area contributed by atoms with Gasteiger partial charge in [0.25, 0.3) is 0 Å². The number of nitrogens with one attached hydrogen (secondary N) is 1. The van der Waals surface area contributed by atoms with Crippen molar-refractivity contribution in [3.63, 3.8) is 0 Å². The largest absolute Gasteiger partial charge is 0.310 e. The minimum absolute atomic E-state index is 0.701. The van der Waals surface area contributed by atoms with Crippen LogP contribution in [0.5, 0.6) is 0 Å². The van der Waals surface area contributed by atoms with Crippen LogP contribution in [-0.2, 0) is 6.54 Å². The van der Waals surface area contributed by atoms with Crippen LogP contribution in [0.15, 0.2) is 30.3 Å². The lowest BCUT2D eigenvalue weighted by Crippen LogP contribution is -2.30. The summed E-state index contributed by atoms with van der Waals surface area (Å²) in [5.74, 6) is 0. The van der Waals surface area contributed by atoms with E-state index in [4.69, 9.17) is 0 Å². The van der Waals surface area contributed by atoms with E-state index in [1.54, 1.807) is 0 Å². The Morgan fingerprint density at radius 2 is 2.00 bits per heavy atom. The molecule has 0 aliphatic carbocycles. The predicted molar refractivity (Wildman–Crippen MR) is 73.0 cm³/mol. The summed E-state index contributed by atoms with van der Waals surface area (Å²) >= 11 is 0. The van der Waals surface area contributed by atoms with Gasteiger partial charge in [0.05, 0.1) is 0 Å². The summed E-state index contributed by atoms with van der Waals surface area (Å²) in [7, 11) is 0. The van der Waals surface area contributed by atoms with Gasteiger partial charge < -0.3 is 10.2 Å². The molecule has 1 aromatic carbocycles. The third kappa shape index (κ3) is 4.14. The summed E-state index contributed by atoms with van der Waals surface area (Å²) in [5.41, 5.74) is 1.39. The second kappa shape index (κ2) is 6.77. The highest BCUT2D eigenvalue weighted by molar-refractivity contribution is 5.14. The van der Waals surface area contributed by atoms with Crippen LogP contribution in [0.3, 0.4) is 0 Å². The van der Waals surface area contributed by atoms with E-state index in [0.717, 1.165) is 6.54 Å². The Bertz CT molecular complexity index is 310. The Morgan fingerprint density at radius 1 is 1.18 bits per heavy atom. The first kappa shape index (κ1) is 12.6. The van der Waals surface area contributed by atoms with Gasteiger partial charge in [0.1, 0.15) is 0 Å². The molecule has 0 radical (unpaired) electrons. The zero-order chi connectivity index (χ0) is 11.9. The lowest BCUT2D eigenvalue weighted by molar-refractivity contribution is 0.297. The van der Waals surface area contributed by atoms with E-state index in [9.17, 15) is 0 Å². The molecule has 0 spiro atoms. The molecule has 0 aromatic heterocycles. The molecule has 1 aliphatic rings. The van der Waals surface area contributed by atoms with Crippen molar-refractivity contribution in [3.8, 4) is 0 Å². The van der Waals surface area contributed by atoms with Gasteiger partial charge in [0.15, 0.2) is 0 Å². The van der Waals surface area contributed by atoms with Crippen LogP contribution in [0.25, 0.3) is 0 Å². The molecular formula is C15H24N2. The van der Waals surface area contributed by atoms with Crippen molar-refractivity contribution in [1.29, 1.82) is 0 Å². The average Bonchev–Trinajstić information content (AvgIpc) is 2.62. The lowest BCUT2D eigenvalue weighted by Gasteiger charge is -2.18. The van der Waals surface area contributed by atoms with Crippen LogP contribution in [-0.4, -0.2) is 30.6 Å². The fourth-order valence-electron chi connectivity index (χ4n) is 2.53. The van der Waals surface area contributed by atoms with Crippen LogP contribution in [0.1, 0.15) is 31.7 Å². The van der Waals surface area contributed by atoms with Crippen molar-refractivity contribution in [3.05, 3.63) is 35.9 Å². The molecule has 1 saturated heterocycles. The molecule has 0 saturated carbocycles. The van der Waals surface area contributed by atoms with Crippen molar-refractivity contribution >= 4 is 0 Å². The van der Waals surface area contributed by atoms with Gasteiger partial charge in [-0.25, -0.2) is 0 Å². The Labute approximate surface area is 105 Å². The van der Waals surface area contributed by atoms with Crippen molar-refractivity contribution in [2.24, 2.45) is 0 Å². The molecule has 0 amide bonds. The molecule has 1 aromatic rings. The van der Waals surface area contributed by atoms with Gasteiger partial charge in [-0.2, -0.15) is 0 Å². The molecule has 2 rings (SSSR count). The van der Waals surface area contributed by atoms with Gasteiger partial charge in [0.2, 0.25) is 0 Å². The topological polar surface area (TPSA) is 15.3 Å². The molecule has 1 heterocycles. The number of rotatable bonds is 4. The zero-order valence-electron chi connectivity index (χ0n) is 10.9. The highest BCUT2D eigenvalue weighted by Crippen LogP contribution is 2.11. The lowest BCUT2D eigenvalue weighted by atomic mass is 10.1. The fourth-order valence-corrected chi connectivity index (χ4v) is 2.53. The van der Waals surface area contributed by atoms with Crippen molar-refractivity contribution < 1.29 is 0 Å². The average molecular weight is 232 g/mol. The second-order valence-corrected chi connectivity index (χ2v) is 4.93. The molecule has 1 fully saturated rings. The number of nitrogens with zero attached hydrogens (tertiary/aromatic N) is 1. The smallest absolute Gasteiger partial charge is 0.0208 e. The first-order valence-electron chi connectivity index (χ1n) is 6.88. The van der Waals surface area contributed by atoms with Crippen LogP contribution in [0, 0.1) is 0 Å². The van der Waals surface area contributed by atoms with Gasteiger partial charge in [-0.15, -0.1) is 0 Å². The van der Waals surface area contributed by atoms with Crippen LogP contribution >= 0.6 is 0 Å². The Hall–Kier alpha value is -0.860. The van der Waals surface area contributed by atoms with Crippen molar-refractivity contribution in [2.75, 3.05) is 19.6 Å². The van der Waals surface area contributed by atoms with E-state index in [2.05, 4.69) is 47.5 Å². The predicted octanol–water partition coefficient (Wildman–Crippen LogP) is 2.65. The van der Waals surface area contributed by atoms with E-state index in [0.29, 0.717) is 6.04 Å². The van der Waals surface area contributed by atoms with Crippen LogP contribution in [0.4, 0.5) is 0 Å². The minimum Gasteiger partial charge on any atom is -0.310 e. The number of hydrogen-bond donors (Lipinski definition) is 1. The molecule has 1 atom stereocenters. The molecule has 1 unspecified atom stereocenters. The summed E-state index contributed by atoms with van der Waals surface area (Å²) in [6, 6.07) is 11.4. The molecule has 0 bridgehead atoms. The molecular weight excluding hydrogens is 208 g/mol. The standard InChI is InChI=1S/C15H24N2/c1-2-17-11-6-9-15(10-12-17)16-13-14-7-4-3-5-8-14/h3-5,7-8,15-16H,2,6,9-13H2,1H3. The molecule has 2 heteroatoms. The van der Waals surface area contributed by atoms with E-state index >= 15 is 0 Å². The number of likely N-dealkylation sites (tertiary alicyclic amines) is 1. The molecule has 1 N–H and O–H groups in total. The Balaban J connectivity index is 1.76. The van der Waals surface area contributed by atoms with Gasteiger partial charge in [-0.1, -0.05) is 37.3 Å². The summed E-state index contributed by atoms with van der Waals surface area (Å²) in [6.45, 7) is 7.00. The number of hydrogen-bond acceptors (Lipinski definition) is 2. The van der Waals surface area contributed by atoms with E-state index in [1.807, 2.05) is 0 Å². The SMILES string of the molecule is CCN1CCCC(NCc2ccccc2)CC1. The monoisotopic (exact) mass is 232 g/mol. The fraction of sp³-hybridized carbons (Fsp3) is 0.600. The third-order valence-corrected chi connectivity index (χ3v) is 3.71. The first-order chi connectivity index (χ1) is 8.38. The number of benzene rings is 1. The maximum atomic E-state index is 3.70. The maximum absolute atomic E-state index is 3.70. The summed E-state index contributed by atoms with van der Waals surface area (Å²) in [6.07, 6.45) is 3.95. The highest BCUT2D eigenvalue weighted by Gasteiger charge is 2.15. The molecule has 94 valence electrons. The minimum atomic E-state index is 0.701. The summed E-state index contributed by atoms with van der Waals surface area (Å²) in [4.78, 5) is 2.56.